The van der Waals surface area contributed by atoms with E-state index in [0.717, 1.165) is 5.56 Å². The zero-order valence-corrected chi connectivity index (χ0v) is 15.7. The third-order valence-corrected chi connectivity index (χ3v) is 4.26. The van der Waals surface area contributed by atoms with Gasteiger partial charge in [-0.3, -0.25) is 4.79 Å². The van der Waals surface area contributed by atoms with E-state index in [0.29, 0.717) is 40.1 Å². The smallest absolute Gasteiger partial charge is 0.237 e. The predicted octanol–water partition coefficient (Wildman–Crippen LogP) is 4.90. The maximum Gasteiger partial charge on any atom is 0.237 e. The molecule has 0 N–H and O–H groups in total. The van der Waals surface area contributed by atoms with Crippen molar-refractivity contribution in [1.82, 2.24) is 4.90 Å². The first-order valence-corrected chi connectivity index (χ1v) is 8.69. The molecule has 0 radical (unpaired) electrons. The molecule has 0 fully saturated rings. The number of amides is 1. The lowest BCUT2D eigenvalue weighted by molar-refractivity contribution is -0.127. The number of benzene rings is 2. The summed E-state index contributed by atoms with van der Waals surface area (Å²) in [7, 11) is 1.70. The molecule has 25 heavy (non-hydrogen) atoms. The molecule has 0 atom stereocenters. The second kappa shape index (κ2) is 8.96. The zero-order chi connectivity index (χ0) is 18.4. The summed E-state index contributed by atoms with van der Waals surface area (Å²) in [5, 5.41) is 9.85. The molecule has 0 aliphatic carbocycles. The van der Waals surface area contributed by atoms with Crippen molar-refractivity contribution < 1.29 is 9.53 Å². The van der Waals surface area contributed by atoms with Crippen molar-refractivity contribution in [2.45, 2.75) is 6.42 Å². The Morgan fingerprint density at radius 2 is 2.00 bits per heavy atom. The van der Waals surface area contributed by atoms with E-state index >= 15 is 0 Å². The van der Waals surface area contributed by atoms with Crippen LogP contribution in [-0.2, 0) is 11.2 Å². The van der Waals surface area contributed by atoms with Crippen LogP contribution in [0, 0.1) is 11.3 Å². The first kappa shape index (κ1) is 19.4. The van der Waals surface area contributed by atoms with Gasteiger partial charge in [0.05, 0.1) is 16.7 Å². The van der Waals surface area contributed by atoms with Gasteiger partial charge in [-0.1, -0.05) is 29.3 Å². The lowest BCUT2D eigenvalue weighted by Crippen LogP contribution is -2.29. The second-order valence-corrected chi connectivity index (χ2v) is 6.46. The monoisotopic (exact) mass is 396 g/mol. The number of rotatable bonds is 6. The summed E-state index contributed by atoms with van der Waals surface area (Å²) in [6, 6.07) is 12.2. The number of carbonyl (C=O) groups is 1. The standard InChI is InChI=1S/C18H15Cl3N2O2/c1-23(18(24)10-19)5-4-12-2-3-16(21)17(8-12)25-15-7-13(11-22)6-14(20)9-15/h2-3,6-9H,4-5,10H2,1H3. The van der Waals surface area contributed by atoms with Crippen LogP contribution in [0.15, 0.2) is 36.4 Å². The minimum atomic E-state index is -0.130. The first-order valence-electron chi connectivity index (χ1n) is 7.40. The molecule has 0 saturated heterocycles. The predicted molar refractivity (Wildman–Crippen MR) is 99.8 cm³/mol. The van der Waals surface area contributed by atoms with Gasteiger partial charge >= 0.3 is 0 Å². The fourth-order valence-electron chi connectivity index (χ4n) is 2.12. The summed E-state index contributed by atoms with van der Waals surface area (Å²) in [6.07, 6.45) is 0.631. The highest BCUT2D eigenvalue weighted by atomic mass is 35.5. The molecule has 4 nitrogen and oxygen atoms in total. The van der Waals surface area contributed by atoms with E-state index in [4.69, 9.17) is 44.8 Å². The van der Waals surface area contributed by atoms with Crippen LogP contribution in [-0.4, -0.2) is 30.3 Å². The van der Waals surface area contributed by atoms with Crippen LogP contribution >= 0.6 is 34.8 Å². The van der Waals surface area contributed by atoms with Crippen LogP contribution in [0.1, 0.15) is 11.1 Å². The highest BCUT2D eigenvalue weighted by molar-refractivity contribution is 6.32. The highest BCUT2D eigenvalue weighted by Crippen LogP contribution is 2.32. The van der Waals surface area contributed by atoms with Gasteiger partial charge in [0.25, 0.3) is 0 Å². The van der Waals surface area contributed by atoms with Gasteiger partial charge in [0, 0.05) is 18.6 Å². The third-order valence-electron chi connectivity index (χ3n) is 3.50. The van der Waals surface area contributed by atoms with E-state index in [9.17, 15) is 4.79 Å². The van der Waals surface area contributed by atoms with Crippen LogP contribution in [0.5, 0.6) is 11.5 Å². The summed E-state index contributed by atoms with van der Waals surface area (Å²) in [4.78, 5) is 13.1. The number of alkyl halides is 1. The molecule has 130 valence electrons. The Kier molecular flexibility index (Phi) is 6.95. The quantitative estimate of drug-likeness (QED) is 0.652. The van der Waals surface area contributed by atoms with Gasteiger partial charge in [-0.25, -0.2) is 0 Å². The maximum atomic E-state index is 11.5. The highest BCUT2D eigenvalue weighted by Gasteiger charge is 2.10. The first-order chi connectivity index (χ1) is 11.9. The normalized spacial score (nSPS) is 10.2. The maximum absolute atomic E-state index is 11.5. The molecule has 2 aromatic carbocycles. The third kappa shape index (κ3) is 5.54. The number of ether oxygens (including phenoxy) is 1. The van der Waals surface area contributed by atoms with Crippen LogP contribution in [0.4, 0.5) is 0 Å². The van der Waals surface area contributed by atoms with Gasteiger partial charge in [0.15, 0.2) is 0 Å². The summed E-state index contributed by atoms with van der Waals surface area (Å²) in [5.74, 6) is 0.714. The SMILES string of the molecule is CN(CCc1ccc(Cl)c(Oc2cc(Cl)cc(C#N)c2)c1)C(=O)CCl. The molecule has 0 aromatic heterocycles. The van der Waals surface area contributed by atoms with Gasteiger partial charge < -0.3 is 9.64 Å². The molecule has 0 bridgehead atoms. The molecule has 0 aliphatic rings. The lowest BCUT2D eigenvalue weighted by atomic mass is 10.1. The molecule has 1 amide bonds. The van der Waals surface area contributed by atoms with Gasteiger partial charge in [-0.15, -0.1) is 11.6 Å². The topological polar surface area (TPSA) is 53.3 Å². The second-order valence-electron chi connectivity index (χ2n) is 5.35. The Hall–Kier alpha value is -1.93. The Balaban J connectivity index is 2.15. The molecule has 0 saturated carbocycles. The number of likely N-dealkylation sites (N-methyl/N-ethyl adjacent to an activating group) is 1. The Morgan fingerprint density at radius 3 is 2.68 bits per heavy atom. The van der Waals surface area contributed by atoms with Crippen LogP contribution in [0.2, 0.25) is 10.0 Å². The zero-order valence-electron chi connectivity index (χ0n) is 13.4. The van der Waals surface area contributed by atoms with E-state index < -0.39 is 0 Å². The van der Waals surface area contributed by atoms with E-state index in [1.165, 1.54) is 0 Å². The van der Waals surface area contributed by atoms with Crippen molar-refractivity contribution in [2.75, 3.05) is 19.5 Å². The van der Waals surface area contributed by atoms with E-state index in [-0.39, 0.29) is 11.8 Å². The van der Waals surface area contributed by atoms with E-state index in [2.05, 4.69) is 0 Å². The molecule has 2 aromatic rings. The van der Waals surface area contributed by atoms with E-state index in [1.54, 1.807) is 42.3 Å². The minimum absolute atomic E-state index is 0.0402. The average Bonchev–Trinajstić information content (AvgIpc) is 2.60. The summed E-state index contributed by atoms with van der Waals surface area (Å²) in [5.41, 5.74) is 1.35. The number of hydrogen-bond acceptors (Lipinski definition) is 3. The van der Waals surface area contributed by atoms with Gasteiger partial charge in [-0.2, -0.15) is 5.26 Å². The molecule has 7 heteroatoms. The number of halogens is 3. The van der Waals surface area contributed by atoms with Crippen LogP contribution < -0.4 is 4.74 Å². The van der Waals surface area contributed by atoms with Crippen molar-refractivity contribution in [3.63, 3.8) is 0 Å². The van der Waals surface area contributed by atoms with Crippen molar-refractivity contribution in [3.05, 3.63) is 57.6 Å². The van der Waals surface area contributed by atoms with Gasteiger partial charge in [-0.05, 0) is 42.3 Å². The fraction of sp³-hybridized carbons (Fsp3) is 0.222. The molecule has 0 unspecified atom stereocenters. The van der Waals surface area contributed by atoms with Gasteiger partial charge in [0.1, 0.15) is 17.4 Å². The molecular formula is C18H15Cl3N2O2. The van der Waals surface area contributed by atoms with Crippen molar-refractivity contribution >= 4 is 40.7 Å². The van der Waals surface area contributed by atoms with Gasteiger partial charge in [0.2, 0.25) is 5.91 Å². The minimum Gasteiger partial charge on any atom is -0.456 e. The number of nitriles is 1. The summed E-state index contributed by atoms with van der Waals surface area (Å²) in [6.45, 7) is 0.530. The van der Waals surface area contributed by atoms with Crippen molar-refractivity contribution in [3.8, 4) is 17.6 Å². The Morgan fingerprint density at radius 1 is 1.24 bits per heavy atom. The fourth-order valence-corrected chi connectivity index (χ4v) is 2.70. The van der Waals surface area contributed by atoms with Crippen LogP contribution in [0.3, 0.4) is 0 Å². The summed E-state index contributed by atoms with van der Waals surface area (Å²) < 4.78 is 5.78. The number of carbonyl (C=O) groups excluding carboxylic acids is 1. The largest absolute Gasteiger partial charge is 0.456 e. The van der Waals surface area contributed by atoms with Crippen molar-refractivity contribution in [1.29, 1.82) is 5.26 Å². The van der Waals surface area contributed by atoms with Crippen molar-refractivity contribution in [2.24, 2.45) is 0 Å². The number of hydrogen-bond donors (Lipinski definition) is 0. The lowest BCUT2D eigenvalue weighted by Gasteiger charge is -2.16. The molecule has 0 heterocycles. The number of nitrogens with zero attached hydrogens (tertiary/aromatic N) is 2. The molecule has 0 aliphatic heterocycles. The average molecular weight is 398 g/mol. The Labute approximate surface area is 161 Å². The molecular weight excluding hydrogens is 383 g/mol. The molecule has 2 rings (SSSR count). The van der Waals surface area contributed by atoms with E-state index in [1.807, 2.05) is 12.1 Å². The Bertz CT molecular complexity index is 818. The molecule has 0 spiro atoms. The summed E-state index contributed by atoms with van der Waals surface area (Å²) >= 11 is 17.7. The van der Waals surface area contributed by atoms with Crippen LogP contribution in [0.25, 0.3) is 0 Å².